The Morgan fingerprint density at radius 2 is 1.91 bits per heavy atom. The van der Waals surface area contributed by atoms with Crippen molar-refractivity contribution in [1.29, 1.82) is 0 Å². The number of nitrogens with zero attached hydrogens (tertiary/aromatic N) is 1. The average molecular weight is 315 g/mol. The predicted molar refractivity (Wildman–Crippen MR) is 74.6 cm³/mol. The number of urea groups is 1. The van der Waals surface area contributed by atoms with Crippen LogP contribution in [0.2, 0.25) is 0 Å². The Balaban J connectivity index is 2.55. The van der Waals surface area contributed by atoms with Gasteiger partial charge in [-0.2, -0.15) is 0 Å². The predicted octanol–water partition coefficient (Wildman–Crippen LogP) is 0.124. The summed E-state index contributed by atoms with van der Waals surface area (Å²) in [7, 11) is 0. The van der Waals surface area contributed by atoms with Crippen molar-refractivity contribution >= 4 is 24.0 Å². The van der Waals surface area contributed by atoms with Crippen molar-refractivity contribution in [3.63, 3.8) is 0 Å². The van der Waals surface area contributed by atoms with Crippen molar-refractivity contribution in [3.8, 4) is 0 Å². The van der Waals surface area contributed by atoms with E-state index in [2.05, 4.69) is 0 Å². The lowest BCUT2D eigenvalue weighted by atomic mass is 10.2. The molecule has 124 valence electrons. The van der Waals surface area contributed by atoms with Crippen molar-refractivity contribution in [2.45, 2.75) is 45.3 Å². The van der Waals surface area contributed by atoms with Crippen LogP contribution in [0.4, 0.5) is 9.59 Å². The molecule has 4 amide bonds. The summed E-state index contributed by atoms with van der Waals surface area (Å²) >= 11 is 0. The number of primary amides is 1. The molecule has 0 aromatic heterocycles. The van der Waals surface area contributed by atoms with Crippen LogP contribution >= 0.6 is 0 Å². The van der Waals surface area contributed by atoms with E-state index < -0.39 is 42.3 Å². The van der Waals surface area contributed by atoms with E-state index in [1.165, 1.54) is 4.90 Å². The minimum Gasteiger partial charge on any atom is -0.454 e. The van der Waals surface area contributed by atoms with Crippen LogP contribution in [0.25, 0.3) is 0 Å². The number of hydrogen-bond acceptors (Lipinski definition) is 6. The van der Waals surface area contributed by atoms with Crippen LogP contribution < -0.4 is 11.1 Å². The second-order valence-corrected chi connectivity index (χ2v) is 5.85. The molecular weight excluding hydrogens is 294 g/mol. The second-order valence-electron chi connectivity index (χ2n) is 5.85. The number of carbonyl (C=O) groups is 4. The fraction of sp³-hybridized carbons (Fsp3) is 0.692. The van der Waals surface area contributed by atoms with Crippen molar-refractivity contribution < 1.29 is 28.7 Å². The summed E-state index contributed by atoms with van der Waals surface area (Å²) in [4.78, 5) is 46.9. The SMILES string of the molecule is CC(C)(C)OC(=O)N1CCC[C@H]1C(=O)OCC(=O)NC(N)=O. The maximum atomic E-state index is 12.0. The van der Waals surface area contributed by atoms with Crippen molar-refractivity contribution in [1.82, 2.24) is 10.2 Å². The van der Waals surface area contributed by atoms with Gasteiger partial charge in [-0.25, -0.2) is 14.4 Å². The third kappa shape index (κ3) is 5.58. The highest BCUT2D eigenvalue weighted by molar-refractivity contribution is 5.95. The molecule has 0 spiro atoms. The van der Waals surface area contributed by atoms with Crippen LogP contribution in [0.15, 0.2) is 0 Å². The Morgan fingerprint density at radius 3 is 2.45 bits per heavy atom. The molecular formula is C13H21N3O6. The number of hydrogen-bond donors (Lipinski definition) is 2. The van der Waals surface area contributed by atoms with E-state index in [-0.39, 0.29) is 0 Å². The summed E-state index contributed by atoms with van der Waals surface area (Å²) in [6.45, 7) is 4.91. The second kappa shape index (κ2) is 7.10. The number of esters is 1. The Kier molecular flexibility index (Phi) is 5.72. The van der Waals surface area contributed by atoms with Crippen LogP contribution in [0.1, 0.15) is 33.6 Å². The molecule has 0 aromatic rings. The molecule has 0 bridgehead atoms. The summed E-state index contributed by atoms with van der Waals surface area (Å²) in [5.74, 6) is -1.55. The molecule has 0 aromatic carbocycles. The average Bonchev–Trinajstić information content (AvgIpc) is 2.82. The molecule has 9 nitrogen and oxygen atoms in total. The van der Waals surface area contributed by atoms with Crippen LogP contribution in [-0.4, -0.2) is 53.7 Å². The van der Waals surface area contributed by atoms with Crippen molar-refractivity contribution in [2.75, 3.05) is 13.2 Å². The van der Waals surface area contributed by atoms with Crippen molar-refractivity contribution in [3.05, 3.63) is 0 Å². The molecule has 0 radical (unpaired) electrons. The Morgan fingerprint density at radius 1 is 1.27 bits per heavy atom. The zero-order valence-corrected chi connectivity index (χ0v) is 12.9. The quantitative estimate of drug-likeness (QED) is 0.712. The van der Waals surface area contributed by atoms with Crippen molar-refractivity contribution in [2.24, 2.45) is 5.73 Å². The minimum absolute atomic E-state index is 0.377. The Labute approximate surface area is 128 Å². The first-order valence-corrected chi connectivity index (χ1v) is 6.85. The minimum atomic E-state index is -1.03. The zero-order valence-electron chi connectivity index (χ0n) is 12.9. The van der Waals surface area contributed by atoms with E-state index in [9.17, 15) is 19.2 Å². The fourth-order valence-electron chi connectivity index (χ4n) is 1.96. The molecule has 1 saturated heterocycles. The number of amides is 4. The van der Waals surface area contributed by atoms with E-state index in [0.29, 0.717) is 19.4 Å². The summed E-state index contributed by atoms with van der Waals surface area (Å²) < 4.78 is 10.0. The van der Waals surface area contributed by atoms with Crippen LogP contribution in [-0.2, 0) is 19.1 Å². The molecule has 1 aliphatic heterocycles. The van der Waals surface area contributed by atoms with Gasteiger partial charge in [0.25, 0.3) is 5.91 Å². The number of carbonyl (C=O) groups excluding carboxylic acids is 4. The lowest BCUT2D eigenvalue weighted by Gasteiger charge is -2.27. The summed E-state index contributed by atoms with van der Waals surface area (Å²) in [5.41, 5.74) is 4.09. The van der Waals surface area contributed by atoms with Gasteiger partial charge in [-0.05, 0) is 33.6 Å². The normalized spacial score (nSPS) is 17.8. The van der Waals surface area contributed by atoms with Gasteiger partial charge in [-0.15, -0.1) is 0 Å². The van der Waals surface area contributed by atoms with E-state index in [1.807, 2.05) is 0 Å². The molecule has 1 rings (SSSR count). The standard InChI is InChI=1S/C13H21N3O6/c1-13(2,3)22-12(20)16-6-4-5-8(16)10(18)21-7-9(17)15-11(14)19/h8H,4-7H2,1-3H3,(H3,14,15,17,19)/t8-/m0/s1. The van der Waals surface area contributed by atoms with E-state index >= 15 is 0 Å². The number of nitrogens with two attached hydrogens (primary N) is 1. The molecule has 9 heteroatoms. The lowest BCUT2D eigenvalue weighted by Crippen LogP contribution is -2.45. The number of ether oxygens (including phenoxy) is 2. The number of nitrogens with one attached hydrogen (secondary N) is 1. The number of rotatable bonds is 3. The molecule has 0 saturated carbocycles. The molecule has 1 atom stereocenters. The first-order valence-electron chi connectivity index (χ1n) is 6.85. The molecule has 0 unspecified atom stereocenters. The summed E-state index contributed by atoms with van der Waals surface area (Å²) in [5, 5.41) is 1.77. The van der Waals surface area contributed by atoms with Crippen LogP contribution in [0.3, 0.4) is 0 Å². The van der Waals surface area contributed by atoms with Crippen LogP contribution in [0.5, 0.6) is 0 Å². The van der Waals surface area contributed by atoms with Gasteiger partial charge in [-0.1, -0.05) is 0 Å². The highest BCUT2D eigenvalue weighted by Gasteiger charge is 2.37. The third-order valence-corrected chi connectivity index (χ3v) is 2.76. The smallest absolute Gasteiger partial charge is 0.411 e. The van der Waals surface area contributed by atoms with Gasteiger partial charge in [-0.3, -0.25) is 15.0 Å². The molecule has 0 aliphatic carbocycles. The molecule has 1 fully saturated rings. The topological polar surface area (TPSA) is 128 Å². The largest absolute Gasteiger partial charge is 0.454 e. The van der Waals surface area contributed by atoms with Gasteiger partial charge in [0.05, 0.1) is 0 Å². The summed E-state index contributed by atoms with van der Waals surface area (Å²) in [6, 6.07) is -1.83. The number of likely N-dealkylation sites (tertiary alicyclic amines) is 1. The fourth-order valence-corrected chi connectivity index (χ4v) is 1.96. The molecule has 1 aliphatic rings. The zero-order chi connectivity index (χ0) is 16.9. The van der Waals surface area contributed by atoms with Crippen LogP contribution in [0, 0.1) is 0 Å². The lowest BCUT2D eigenvalue weighted by molar-refractivity contribution is -0.152. The first kappa shape index (κ1) is 17.7. The Bertz CT molecular complexity index is 471. The monoisotopic (exact) mass is 315 g/mol. The molecule has 22 heavy (non-hydrogen) atoms. The number of imide groups is 1. The van der Waals surface area contributed by atoms with Gasteiger partial charge < -0.3 is 15.2 Å². The van der Waals surface area contributed by atoms with Gasteiger partial charge in [0.15, 0.2) is 6.61 Å². The van der Waals surface area contributed by atoms with Gasteiger partial charge in [0.2, 0.25) is 0 Å². The van der Waals surface area contributed by atoms with E-state index in [0.717, 1.165) is 0 Å². The summed E-state index contributed by atoms with van der Waals surface area (Å²) in [6.07, 6.45) is 0.454. The van der Waals surface area contributed by atoms with E-state index in [4.69, 9.17) is 15.2 Å². The Hall–Kier alpha value is -2.32. The van der Waals surface area contributed by atoms with Gasteiger partial charge in [0.1, 0.15) is 11.6 Å². The molecule has 1 heterocycles. The van der Waals surface area contributed by atoms with Gasteiger partial charge >= 0.3 is 18.1 Å². The van der Waals surface area contributed by atoms with E-state index in [1.54, 1.807) is 26.1 Å². The maximum absolute atomic E-state index is 12.0. The maximum Gasteiger partial charge on any atom is 0.411 e. The highest BCUT2D eigenvalue weighted by atomic mass is 16.6. The molecule has 3 N–H and O–H groups in total. The van der Waals surface area contributed by atoms with Gasteiger partial charge in [0, 0.05) is 6.54 Å². The third-order valence-electron chi connectivity index (χ3n) is 2.76. The highest BCUT2D eigenvalue weighted by Crippen LogP contribution is 2.21. The first-order chi connectivity index (χ1) is 10.1.